The number of anilines is 1. The number of rotatable bonds is 4. The Morgan fingerprint density at radius 1 is 1.17 bits per heavy atom. The molecule has 1 aliphatic rings. The van der Waals surface area contributed by atoms with Crippen LogP contribution in [0.3, 0.4) is 0 Å². The number of amides is 2. The Morgan fingerprint density at radius 3 is 2.58 bits per heavy atom. The first-order chi connectivity index (χ1) is 11.6. The van der Waals surface area contributed by atoms with E-state index in [2.05, 4.69) is 5.32 Å². The van der Waals surface area contributed by atoms with Gasteiger partial charge in [-0.1, -0.05) is 30.3 Å². The van der Waals surface area contributed by atoms with Gasteiger partial charge in [0.25, 0.3) is 0 Å². The van der Waals surface area contributed by atoms with Crippen LogP contribution in [0.25, 0.3) is 0 Å². The monoisotopic (exact) mass is 328 g/mol. The van der Waals surface area contributed by atoms with Crippen molar-refractivity contribution in [2.24, 2.45) is 0 Å². The predicted octanol–water partition coefficient (Wildman–Crippen LogP) is 2.19. The predicted molar refractivity (Wildman–Crippen MR) is 86.6 cm³/mol. The molecule has 1 fully saturated rings. The number of carbonyl (C=O) groups excluding carboxylic acids is 2. The van der Waals surface area contributed by atoms with Gasteiger partial charge in [-0.2, -0.15) is 0 Å². The zero-order chi connectivity index (χ0) is 16.9. The van der Waals surface area contributed by atoms with Gasteiger partial charge in [0.05, 0.1) is 6.61 Å². The highest BCUT2D eigenvalue weighted by Gasteiger charge is 2.34. The first kappa shape index (κ1) is 16.1. The van der Waals surface area contributed by atoms with Gasteiger partial charge in [0.2, 0.25) is 11.8 Å². The van der Waals surface area contributed by atoms with Crippen molar-refractivity contribution >= 4 is 17.5 Å². The minimum atomic E-state index is -0.725. The minimum absolute atomic E-state index is 0.0346. The standard InChI is InChI=1S/C18H17FN2O3/c19-14-6-8-15(9-7-14)20-18(23)16-11-24-12-17(22)21(16)10-13-4-2-1-3-5-13/h1-9,16H,10-12H2,(H,20,23)/t16-/m0/s1. The number of nitrogens with zero attached hydrogens (tertiary/aromatic N) is 1. The molecule has 2 aromatic carbocycles. The molecule has 0 unspecified atom stereocenters. The second-order valence-electron chi connectivity index (χ2n) is 5.53. The third-order valence-corrected chi connectivity index (χ3v) is 3.81. The van der Waals surface area contributed by atoms with Gasteiger partial charge in [0.15, 0.2) is 0 Å². The third kappa shape index (κ3) is 3.78. The number of halogens is 1. The molecule has 0 aliphatic carbocycles. The Hall–Kier alpha value is -2.73. The molecule has 1 aliphatic heterocycles. The lowest BCUT2D eigenvalue weighted by Gasteiger charge is -2.34. The molecule has 0 bridgehead atoms. The largest absolute Gasteiger partial charge is 0.369 e. The van der Waals surface area contributed by atoms with E-state index in [0.717, 1.165) is 5.56 Å². The second kappa shape index (κ2) is 7.23. The third-order valence-electron chi connectivity index (χ3n) is 3.81. The van der Waals surface area contributed by atoms with E-state index >= 15 is 0 Å². The number of hydrogen-bond donors (Lipinski definition) is 1. The van der Waals surface area contributed by atoms with Crippen molar-refractivity contribution in [3.8, 4) is 0 Å². The number of ether oxygens (including phenoxy) is 1. The first-order valence-corrected chi connectivity index (χ1v) is 7.61. The second-order valence-corrected chi connectivity index (χ2v) is 5.53. The molecule has 124 valence electrons. The molecule has 0 radical (unpaired) electrons. The molecule has 1 heterocycles. The van der Waals surface area contributed by atoms with Gasteiger partial charge in [-0.15, -0.1) is 0 Å². The van der Waals surface area contributed by atoms with Crippen molar-refractivity contribution in [1.82, 2.24) is 4.90 Å². The summed E-state index contributed by atoms with van der Waals surface area (Å²) in [6.45, 7) is 0.434. The molecule has 1 saturated heterocycles. The molecule has 6 heteroatoms. The van der Waals surface area contributed by atoms with Crippen LogP contribution in [0.4, 0.5) is 10.1 Å². The number of nitrogens with one attached hydrogen (secondary N) is 1. The molecule has 2 aromatic rings. The molecule has 0 saturated carbocycles. The highest BCUT2D eigenvalue weighted by molar-refractivity contribution is 5.97. The average Bonchev–Trinajstić information content (AvgIpc) is 2.59. The maximum Gasteiger partial charge on any atom is 0.249 e. The van der Waals surface area contributed by atoms with Crippen LogP contribution in [0.5, 0.6) is 0 Å². The van der Waals surface area contributed by atoms with Crippen molar-refractivity contribution in [1.29, 1.82) is 0 Å². The fourth-order valence-corrected chi connectivity index (χ4v) is 2.56. The van der Waals surface area contributed by atoms with Gasteiger partial charge in [0, 0.05) is 12.2 Å². The molecular formula is C18H17FN2O3. The van der Waals surface area contributed by atoms with Gasteiger partial charge < -0.3 is 15.0 Å². The molecule has 0 spiro atoms. The smallest absolute Gasteiger partial charge is 0.249 e. The summed E-state index contributed by atoms with van der Waals surface area (Å²) in [5, 5.41) is 2.70. The molecule has 2 amide bonds. The zero-order valence-corrected chi connectivity index (χ0v) is 12.9. The van der Waals surface area contributed by atoms with Crippen molar-refractivity contribution in [3.05, 3.63) is 66.0 Å². The summed E-state index contributed by atoms with van der Waals surface area (Å²) in [7, 11) is 0. The van der Waals surface area contributed by atoms with E-state index in [4.69, 9.17) is 4.74 Å². The van der Waals surface area contributed by atoms with Gasteiger partial charge in [-0.05, 0) is 29.8 Å². The molecule has 3 rings (SSSR count). The summed E-state index contributed by atoms with van der Waals surface area (Å²) in [6.07, 6.45) is 0. The molecular weight excluding hydrogens is 311 g/mol. The van der Waals surface area contributed by atoms with Crippen LogP contribution in [0.2, 0.25) is 0 Å². The van der Waals surface area contributed by atoms with E-state index in [1.54, 1.807) is 0 Å². The summed E-state index contributed by atoms with van der Waals surface area (Å²) < 4.78 is 18.2. The van der Waals surface area contributed by atoms with E-state index in [9.17, 15) is 14.0 Å². The summed E-state index contributed by atoms with van der Waals surface area (Å²) in [4.78, 5) is 26.2. The SMILES string of the molecule is O=C(Nc1ccc(F)cc1)[C@@H]1COCC(=O)N1Cc1ccccc1. The van der Waals surface area contributed by atoms with Gasteiger partial charge in [-0.25, -0.2) is 4.39 Å². The number of hydrogen-bond acceptors (Lipinski definition) is 3. The van der Waals surface area contributed by atoms with Crippen molar-refractivity contribution in [3.63, 3.8) is 0 Å². The van der Waals surface area contributed by atoms with Crippen LogP contribution < -0.4 is 5.32 Å². The van der Waals surface area contributed by atoms with Crippen molar-refractivity contribution < 1.29 is 18.7 Å². The number of benzene rings is 2. The van der Waals surface area contributed by atoms with Gasteiger partial charge in [-0.3, -0.25) is 9.59 Å². The van der Waals surface area contributed by atoms with Crippen LogP contribution >= 0.6 is 0 Å². The molecule has 1 atom stereocenters. The topological polar surface area (TPSA) is 58.6 Å². The Bertz CT molecular complexity index is 719. The fraction of sp³-hybridized carbons (Fsp3) is 0.222. The Kier molecular flexibility index (Phi) is 4.86. The summed E-state index contributed by atoms with van der Waals surface area (Å²) in [6, 6.07) is 14.2. The minimum Gasteiger partial charge on any atom is -0.369 e. The summed E-state index contributed by atoms with van der Waals surface area (Å²) in [5.41, 5.74) is 1.41. The molecule has 0 aromatic heterocycles. The summed E-state index contributed by atoms with van der Waals surface area (Å²) >= 11 is 0. The lowest BCUT2D eigenvalue weighted by molar-refractivity contribution is -0.154. The normalized spacial score (nSPS) is 17.6. The van der Waals surface area contributed by atoms with E-state index in [-0.39, 0.29) is 30.8 Å². The van der Waals surface area contributed by atoms with Crippen LogP contribution in [-0.2, 0) is 20.9 Å². The maximum absolute atomic E-state index is 12.9. The zero-order valence-electron chi connectivity index (χ0n) is 12.9. The van der Waals surface area contributed by atoms with Crippen LogP contribution in [0, 0.1) is 5.82 Å². The lowest BCUT2D eigenvalue weighted by atomic mass is 10.1. The molecule has 5 nitrogen and oxygen atoms in total. The number of morpholine rings is 1. The van der Waals surface area contributed by atoms with Crippen molar-refractivity contribution in [2.75, 3.05) is 18.5 Å². The highest BCUT2D eigenvalue weighted by atomic mass is 19.1. The Balaban J connectivity index is 1.74. The van der Waals surface area contributed by atoms with E-state index in [1.807, 2.05) is 30.3 Å². The maximum atomic E-state index is 12.9. The van der Waals surface area contributed by atoms with Crippen LogP contribution in [0.15, 0.2) is 54.6 Å². The Labute approximate surface area is 139 Å². The average molecular weight is 328 g/mol. The summed E-state index contributed by atoms with van der Waals surface area (Å²) in [5.74, 6) is -0.968. The van der Waals surface area contributed by atoms with Crippen LogP contribution in [0.1, 0.15) is 5.56 Å². The van der Waals surface area contributed by atoms with Gasteiger partial charge in [0.1, 0.15) is 18.5 Å². The highest BCUT2D eigenvalue weighted by Crippen LogP contribution is 2.16. The quantitative estimate of drug-likeness (QED) is 0.936. The van der Waals surface area contributed by atoms with E-state index < -0.39 is 6.04 Å². The van der Waals surface area contributed by atoms with Crippen molar-refractivity contribution in [2.45, 2.75) is 12.6 Å². The Morgan fingerprint density at radius 2 is 1.88 bits per heavy atom. The fourth-order valence-electron chi connectivity index (χ4n) is 2.56. The first-order valence-electron chi connectivity index (χ1n) is 7.61. The van der Waals surface area contributed by atoms with E-state index in [0.29, 0.717) is 12.2 Å². The molecule has 24 heavy (non-hydrogen) atoms. The van der Waals surface area contributed by atoms with Crippen LogP contribution in [-0.4, -0.2) is 36.0 Å². The van der Waals surface area contributed by atoms with E-state index in [1.165, 1.54) is 29.2 Å². The number of carbonyl (C=O) groups is 2. The van der Waals surface area contributed by atoms with Gasteiger partial charge >= 0.3 is 0 Å². The lowest BCUT2D eigenvalue weighted by Crippen LogP contribution is -2.54. The molecule has 1 N–H and O–H groups in total.